The summed E-state index contributed by atoms with van der Waals surface area (Å²) in [7, 11) is 2.14. The maximum Gasteiger partial charge on any atom is 0.159 e. The third kappa shape index (κ3) is 4.51. The largest absolute Gasteiger partial charge is 0.369 e. The molecule has 7 rings (SSSR count). The van der Waals surface area contributed by atoms with Gasteiger partial charge in [0, 0.05) is 48.9 Å². The molecule has 1 unspecified atom stereocenters. The second-order valence-electron chi connectivity index (χ2n) is 10.0. The van der Waals surface area contributed by atoms with Crippen LogP contribution in [0, 0.1) is 0 Å². The average molecular weight is 533 g/mol. The Morgan fingerprint density at radius 2 is 1.75 bits per heavy atom. The van der Waals surface area contributed by atoms with E-state index in [1.165, 1.54) is 0 Å². The van der Waals surface area contributed by atoms with E-state index in [4.69, 9.17) is 4.98 Å². The van der Waals surface area contributed by atoms with Gasteiger partial charge in [0.2, 0.25) is 0 Å². The van der Waals surface area contributed by atoms with Gasteiger partial charge in [-0.15, -0.1) is 0 Å². The average Bonchev–Trinajstić information content (AvgIpc) is 3.62. The van der Waals surface area contributed by atoms with Crippen LogP contribution in [0.1, 0.15) is 11.8 Å². The highest BCUT2D eigenvalue weighted by Gasteiger charge is 2.21. The van der Waals surface area contributed by atoms with E-state index in [-0.39, 0.29) is 0 Å². The summed E-state index contributed by atoms with van der Waals surface area (Å²) in [5, 5.41) is 22.3. The van der Waals surface area contributed by atoms with Gasteiger partial charge in [-0.1, -0.05) is 30.3 Å². The van der Waals surface area contributed by atoms with Crippen molar-refractivity contribution in [1.29, 1.82) is 0 Å². The van der Waals surface area contributed by atoms with Crippen LogP contribution in [0.15, 0.2) is 73.4 Å². The number of H-pyrrole nitrogens is 2. The van der Waals surface area contributed by atoms with Crippen molar-refractivity contribution in [3.05, 3.63) is 79.0 Å². The summed E-state index contributed by atoms with van der Waals surface area (Å²) in [6.07, 6.45) is 8.04. The quantitative estimate of drug-likeness (QED) is 0.236. The minimum absolute atomic E-state index is 0.668. The van der Waals surface area contributed by atoms with E-state index in [1.807, 2.05) is 48.7 Å². The number of anilines is 2. The molecule has 1 atom stereocenters. The van der Waals surface area contributed by atoms with Gasteiger partial charge >= 0.3 is 0 Å². The summed E-state index contributed by atoms with van der Waals surface area (Å²) in [6, 6.07) is 13.3. The monoisotopic (exact) mass is 532 g/mol. The van der Waals surface area contributed by atoms with Crippen molar-refractivity contribution in [2.24, 2.45) is 0 Å². The smallest absolute Gasteiger partial charge is 0.159 e. The van der Waals surface area contributed by atoms with Gasteiger partial charge in [0.15, 0.2) is 12.1 Å². The fourth-order valence-electron chi connectivity index (χ4n) is 5.10. The van der Waals surface area contributed by atoms with Crippen LogP contribution in [0.4, 0.5) is 11.4 Å². The van der Waals surface area contributed by atoms with Gasteiger partial charge < -0.3 is 25.2 Å². The molecule has 200 valence electrons. The number of nitrogens with one attached hydrogen (secondary N) is 3. The highest BCUT2D eigenvalue weighted by atomic mass is 16.3. The lowest BCUT2D eigenvalue weighted by molar-refractivity contribution is 0.208. The van der Waals surface area contributed by atoms with Crippen molar-refractivity contribution in [3.8, 4) is 22.8 Å². The third-order valence-electron chi connectivity index (χ3n) is 7.34. The molecule has 1 aliphatic rings. The van der Waals surface area contributed by atoms with Crippen LogP contribution in [-0.2, 0) is 0 Å². The topological polar surface area (TPSA) is 135 Å². The standard InChI is InChI=1S/C29H28N10O/c1-38-7-9-39(10-8-38)25-17-31-15-24-27(25)35-28(34-24)26-21-12-22(32-16-23(21)36-37-26)19-11-20(14-30-13-19)33-29(40)18-5-3-2-4-6-18/h2-6,11-17,29,33,40H,7-10H2,1H3,(H,34,35)(H,36,37). The Morgan fingerprint density at radius 3 is 2.60 bits per heavy atom. The lowest BCUT2D eigenvalue weighted by Gasteiger charge is -2.33. The fraction of sp³-hybridized carbons (Fsp3) is 0.207. The molecule has 4 N–H and O–H groups in total. The molecule has 1 aliphatic heterocycles. The number of fused-ring (bicyclic) bond motifs is 2. The fourth-order valence-corrected chi connectivity index (χ4v) is 5.10. The maximum atomic E-state index is 10.6. The van der Waals surface area contributed by atoms with Crippen LogP contribution in [0.3, 0.4) is 0 Å². The second-order valence-corrected chi connectivity index (χ2v) is 10.0. The number of aliphatic hydroxyl groups is 1. The van der Waals surface area contributed by atoms with Crippen molar-refractivity contribution in [2.75, 3.05) is 43.4 Å². The first-order chi connectivity index (χ1) is 19.6. The van der Waals surface area contributed by atoms with Gasteiger partial charge in [-0.05, 0) is 19.2 Å². The molecule has 1 saturated heterocycles. The van der Waals surface area contributed by atoms with Crippen LogP contribution < -0.4 is 10.2 Å². The van der Waals surface area contributed by atoms with E-state index < -0.39 is 6.23 Å². The zero-order chi connectivity index (χ0) is 27.1. The molecular formula is C29H28N10O. The van der Waals surface area contributed by atoms with Crippen LogP contribution in [0.2, 0.25) is 0 Å². The molecule has 1 fully saturated rings. The Labute approximate surface area is 229 Å². The molecule has 0 radical (unpaired) electrons. The van der Waals surface area contributed by atoms with Crippen molar-refractivity contribution >= 4 is 33.3 Å². The van der Waals surface area contributed by atoms with E-state index in [0.29, 0.717) is 17.2 Å². The molecule has 6 aromatic rings. The van der Waals surface area contributed by atoms with E-state index in [1.54, 1.807) is 24.8 Å². The minimum atomic E-state index is -0.854. The molecule has 0 saturated carbocycles. The first kappa shape index (κ1) is 24.2. The number of pyridine rings is 3. The predicted octanol–water partition coefficient (Wildman–Crippen LogP) is 3.81. The first-order valence-corrected chi connectivity index (χ1v) is 13.2. The Kier molecular flexibility index (Phi) is 6.06. The normalized spacial score (nSPS) is 15.1. The molecule has 0 bridgehead atoms. The highest BCUT2D eigenvalue weighted by molar-refractivity contribution is 5.96. The van der Waals surface area contributed by atoms with Gasteiger partial charge in [-0.3, -0.25) is 20.1 Å². The van der Waals surface area contributed by atoms with Crippen LogP contribution in [0.25, 0.3) is 44.7 Å². The summed E-state index contributed by atoms with van der Waals surface area (Å²) in [5.41, 5.74) is 7.30. The van der Waals surface area contributed by atoms with Crippen molar-refractivity contribution in [3.63, 3.8) is 0 Å². The molecule has 40 heavy (non-hydrogen) atoms. The molecule has 0 aliphatic carbocycles. The SMILES string of the molecule is CN1CCN(c2cncc3[nH]c(-c4n[nH]c5cnc(-c6cncc(NC(O)c7ccccc7)c6)cc45)nc23)CC1. The van der Waals surface area contributed by atoms with Gasteiger partial charge in [-0.25, -0.2) is 4.98 Å². The number of nitrogens with zero attached hydrogens (tertiary/aromatic N) is 7. The molecule has 11 heteroatoms. The number of likely N-dealkylation sites (N-methyl/N-ethyl adjacent to an activating group) is 1. The summed E-state index contributed by atoms with van der Waals surface area (Å²) < 4.78 is 0. The molecule has 1 aromatic carbocycles. The maximum absolute atomic E-state index is 10.6. The minimum Gasteiger partial charge on any atom is -0.369 e. The number of aromatic amines is 2. The lowest BCUT2D eigenvalue weighted by Crippen LogP contribution is -2.44. The van der Waals surface area contributed by atoms with Gasteiger partial charge in [0.05, 0.1) is 52.9 Å². The van der Waals surface area contributed by atoms with Crippen molar-refractivity contribution in [1.82, 2.24) is 40.0 Å². The van der Waals surface area contributed by atoms with Crippen LogP contribution in [-0.4, -0.2) is 78.4 Å². The summed E-state index contributed by atoms with van der Waals surface area (Å²) in [4.78, 5) is 26.5. The second kappa shape index (κ2) is 10.0. The van der Waals surface area contributed by atoms with Crippen LogP contribution in [0.5, 0.6) is 0 Å². The number of aliphatic hydroxyl groups excluding tert-OH is 1. The number of piperazine rings is 1. The Morgan fingerprint density at radius 1 is 0.925 bits per heavy atom. The van der Waals surface area contributed by atoms with Gasteiger partial charge in [0.25, 0.3) is 0 Å². The number of benzene rings is 1. The summed E-state index contributed by atoms with van der Waals surface area (Å²) in [6.45, 7) is 3.88. The molecule has 0 spiro atoms. The number of hydrogen-bond acceptors (Lipinski definition) is 9. The zero-order valence-corrected chi connectivity index (χ0v) is 21.9. The number of aromatic nitrogens is 7. The Hall–Kier alpha value is -4.87. The predicted molar refractivity (Wildman–Crippen MR) is 155 cm³/mol. The molecule has 0 amide bonds. The van der Waals surface area contributed by atoms with E-state index in [9.17, 15) is 5.11 Å². The number of imidazole rings is 1. The van der Waals surface area contributed by atoms with E-state index >= 15 is 0 Å². The molecular weight excluding hydrogens is 504 g/mol. The van der Waals surface area contributed by atoms with Crippen molar-refractivity contribution in [2.45, 2.75) is 6.23 Å². The molecule has 6 heterocycles. The van der Waals surface area contributed by atoms with E-state index in [0.717, 1.165) is 70.6 Å². The van der Waals surface area contributed by atoms with Gasteiger partial charge in [0.1, 0.15) is 11.2 Å². The van der Waals surface area contributed by atoms with Gasteiger partial charge in [-0.2, -0.15) is 5.10 Å². The number of rotatable bonds is 6. The lowest BCUT2D eigenvalue weighted by atomic mass is 10.1. The van der Waals surface area contributed by atoms with Crippen molar-refractivity contribution < 1.29 is 5.11 Å². The zero-order valence-electron chi connectivity index (χ0n) is 21.9. The molecule has 5 aromatic heterocycles. The number of hydrogen-bond donors (Lipinski definition) is 4. The molecule has 11 nitrogen and oxygen atoms in total. The Balaban J connectivity index is 1.21. The third-order valence-corrected chi connectivity index (χ3v) is 7.34. The first-order valence-electron chi connectivity index (χ1n) is 13.2. The Bertz CT molecular complexity index is 1790. The summed E-state index contributed by atoms with van der Waals surface area (Å²) in [5.74, 6) is 0.668. The summed E-state index contributed by atoms with van der Waals surface area (Å²) >= 11 is 0. The van der Waals surface area contributed by atoms with Crippen LogP contribution >= 0.6 is 0 Å². The highest BCUT2D eigenvalue weighted by Crippen LogP contribution is 2.32. The van der Waals surface area contributed by atoms with E-state index in [2.05, 4.69) is 52.3 Å².